The summed E-state index contributed by atoms with van der Waals surface area (Å²) in [5.41, 5.74) is 1.20. The zero-order valence-electron chi connectivity index (χ0n) is 13.5. The predicted octanol–water partition coefficient (Wildman–Crippen LogP) is 5.27. The van der Waals surface area contributed by atoms with Crippen LogP contribution in [0.5, 0.6) is 0 Å². The molecule has 0 aliphatic heterocycles. The second-order valence-electron chi connectivity index (χ2n) is 5.58. The van der Waals surface area contributed by atoms with Gasteiger partial charge in [-0.3, -0.25) is 0 Å². The number of nitrogens with one attached hydrogen (secondary N) is 1. The van der Waals surface area contributed by atoms with Crippen molar-refractivity contribution in [2.24, 2.45) is 0 Å². The Morgan fingerprint density at radius 3 is 2.62 bits per heavy atom. The molecule has 0 spiro atoms. The molecule has 0 amide bonds. The van der Waals surface area contributed by atoms with Gasteiger partial charge in [-0.2, -0.15) is 0 Å². The van der Waals surface area contributed by atoms with E-state index >= 15 is 0 Å². The fourth-order valence-corrected chi connectivity index (χ4v) is 3.30. The first kappa shape index (κ1) is 19.0. The predicted molar refractivity (Wildman–Crippen MR) is 97.2 cm³/mol. The number of hydrogen-bond acceptors (Lipinski definition) is 2. The van der Waals surface area contributed by atoms with Crippen molar-refractivity contribution in [1.82, 2.24) is 10.2 Å². The van der Waals surface area contributed by atoms with E-state index in [1.54, 1.807) is 0 Å². The minimum atomic E-state index is 0.323. The summed E-state index contributed by atoms with van der Waals surface area (Å²) >= 11 is 9.86. The first-order valence-electron chi connectivity index (χ1n) is 7.95. The van der Waals surface area contributed by atoms with Crippen molar-refractivity contribution in [3.05, 3.63) is 33.3 Å². The Morgan fingerprint density at radius 2 is 2.00 bits per heavy atom. The molecule has 2 nitrogen and oxygen atoms in total. The molecule has 0 aliphatic carbocycles. The van der Waals surface area contributed by atoms with Crippen molar-refractivity contribution in [3.8, 4) is 0 Å². The van der Waals surface area contributed by atoms with Crippen LogP contribution in [0.4, 0.5) is 0 Å². The highest BCUT2D eigenvalue weighted by atomic mass is 79.9. The van der Waals surface area contributed by atoms with E-state index in [0.717, 1.165) is 29.0 Å². The van der Waals surface area contributed by atoms with Crippen molar-refractivity contribution in [2.45, 2.75) is 45.6 Å². The minimum absolute atomic E-state index is 0.323. The summed E-state index contributed by atoms with van der Waals surface area (Å²) in [6, 6.07) is 6.49. The molecule has 0 heterocycles. The summed E-state index contributed by atoms with van der Waals surface area (Å²) in [6.45, 7) is 7.62. The molecule has 4 heteroatoms. The Morgan fingerprint density at radius 1 is 1.24 bits per heavy atom. The molecule has 1 aromatic carbocycles. The Kier molecular flexibility index (Phi) is 9.57. The third-order valence-corrected chi connectivity index (χ3v) is 4.55. The Balaban J connectivity index is 2.57. The molecular formula is C17H28BrClN2. The molecule has 21 heavy (non-hydrogen) atoms. The second-order valence-corrected chi connectivity index (χ2v) is 6.90. The van der Waals surface area contributed by atoms with Crippen LogP contribution in [0.3, 0.4) is 0 Å². The number of nitrogens with zero attached hydrogens (tertiary/aromatic N) is 1. The van der Waals surface area contributed by atoms with Crippen LogP contribution < -0.4 is 5.32 Å². The highest BCUT2D eigenvalue weighted by Crippen LogP contribution is 2.28. The van der Waals surface area contributed by atoms with Crippen LogP contribution in [-0.4, -0.2) is 31.6 Å². The monoisotopic (exact) mass is 374 g/mol. The Labute approximate surface area is 143 Å². The van der Waals surface area contributed by atoms with Crippen LogP contribution >= 0.6 is 27.5 Å². The van der Waals surface area contributed by atoms with Gasteiger partial charge in [0.25, 0.3) is 0 Å². The number of halogens is 2. The lowest BCUT2D eigenvalue weighted by molar-refractivity contribution is 0.301. The lowest BCUT2D eigenvalue weighted by atomic mass is 10.0. The third kappa shape index (κ3) is 7.14. The van der Waals surface area contributed by atoms with Gasteiger partial charge in [-0.15, -0.1) is 0 Å². The highest BCUT2D eigenvalue weighted by Gasteiger charge is 2.14. The molecule has 0 aliphatic rings. The molecule has 1 atom stereocenters. The van der Waals surface area contributed by atoms with E-state index in [2.05, 4.69) is 59.2 Å². The van der Waals surface area contributed by atoms with Crippen molar-refractivity contribution in [2.75, 3.05) is 26.7 Å². The average Bonchev–Trinajstić information content (AvgIpc) is 2.44. The molecule has 0 fully saturated rings. The van der Waals surface area contributed by atoms with E-state index in [0.29, 0.717) is 6.04 Å². The van der Waals surface area contributed by atoms with E-state index < -0.39 is 0 Å². The lowest BCUT2D eigenvalue weighted by Gasteiger charge is -2.23. The molecule has 1 rings (SSSR count). The van der Waals surface area contributed by atoms with Crippen LogP contribution in [0.2, 0.25) is 5.02 Å². The van der Waals surface area contributed by atoms with Gasteiger partial charge < -0.3 is 10.2 Å². The van der Waals surface area contributed by atoms with Crippen LogP contribution in [0.1, 0.15) is 51.1 Å². The van der Waals surface area contributed by atoms with E-state index in [9.17, 15) is 0 Å². The third-order valence-electron chi connectivity index (χ3n) is 3.73. The zero-order valence-corrected chi connectivity index (χ0v) is 15.8. The van der Waals surface area contributed by atoms with Gasteiger partial charge >= 0.3 is 0 Å². The molecule has 120 valence electrons. The lowest BCUT2D eigenvalue weighted by Crippen LogP contribution is -2.28. The van der Waals surface area contributed by atoms with Gasteiger partial charge in [0.05, 0.1) is 0 Å². The Bertz CT molecular complexity index is 412. The van der Waals surface area contributed by atoms with Gasteiger partial charge in [0.2, 0.25) is 0 Å². The van der Waals surface area contributed by atoms with Gasteiger partial charge in [0.1, 0.15) is 0 Å². The zero-order chi connectivity index (χ0) is 15.7. The van der Waals surface area contributed by atoms with Crippen LogP contribution in [0.25, 0.3) is 0 Å². The molecule has 0 radical (unpaired) electrons. The number of benzene rings is 1. The number of rotatable bonds is 10. The standard InChI is InChI=1S/C17H28BrClN2/c1-4-6-7-11-21(3)12-10-17(20-5-2)15-9-8-14(18)13-16(15)19/h8-9,13,17,20H,4-7,10-12H2,1-3H3. The molecular weight excluding hydrogens is 348 g/mol. The first-order valence-corrected chi connectivity index (χ1v) is 9.12. The van der Waals surface area contributed by atoms with Gasteiger partial charge in [0, 0.05) is 15.5 Å². The second kappa shape index (κ2) is 10.6. The first-order chi connectivity index (χ1) is 10.1. The number of hydrogen-bond donors (Lipinski definition) is 1. The molecule has 1 aromatic rings. The molecule has 0 bridgehead atoms. The van der Waals surface area contributed by atoms with E-state index in [1.807, 2.05) is 6.07 Å². The fraction of sp³-hybridized carbons (Fsp3) is 0.647. The Hall–Kier alpha value is -0.0900. The fourth-order valence-electron chi connectivity index (χ4n) is 2.49. The summed E-state index contributed by atoms with van der Waals surface area (Å²) in [5.74, 6) is 0. The van der Waals surface area contributed by atoms with Gasteiger partial charge in [0.15, 0.2) is 0 Å². The molecule has 0 aromatic heterocycles. The summed E-state index contributed by atoms with van der Waals surface area (Å²) in [7, 11) is 2.21. The maximum atomic E-state index is 6.39. The summed E-state index contributed by atoms with van der Waals surface area (Å²) in [6.07, 6.45) is 4.97. The molecule has 1 unspecified atom stereocenters. The van der Waals surface area contributed by atoms with E-state index in [4.69, 9.17) is 11.6 Å². The van der Waals surface area contributed by atoms with E-state index in [1.165, 1.54) is 31.4 Å². The average molecular weight is 376 g/mol. The maximum Gasteiger partial charge on any atom is 0.0465 e. The van der Waals surface area contributed by atoms with E-state index in [-0.39, 0.29) is 0 Å². The van der Waals surface area contributed by atoms with Crippen molar-refractivity contribution < 1.29 is 0 Å². The summed E-state index contributed by atoms with van der Waals surface area (Å²) < 4.78 is 1.03. The SMILES string of the molecule is CCCCCN(C)CCC(NCC)c1ccc(Br)cc1Cl. The van der Waals surface area contributed by atoms with Crippen molar-refractivity contribution in [1.29, 1.82) is 0 Å². The molecule has 0 saturated carbocycles. The maximum absolute atomic E-state index is 6.39. The van der Waals surface area contributed by atoms with Crippen molar-refractivity contribution >= 4 is 27.5 Å². The number of unbranched alkanes of at least 4 members (excludes halogenated alkanes) is 2. The largest absolute Gasteiger partial charge is 0.310 e. The normalized spacial score (nSPS) is 12.9. The molecule has 0 saturated heterocycles. The molecule has 1 N–H and O–H groups in total. The minimum Gasteiger partial charge on any atom is -0.310 e. The summed E-state index contributed by atoms with van der Waals surface area (Å²) in [4.78, 5) is 2.42. The highest BCUT2D eigenvalue weighted by molar-refractivity contribution is 9.10. The van der Waals surface area contributed by atoms with Crippen molar-refractivity contribution in [3.63, 3.8) is 0 Å². The quantitative estimate of drug-likeness (QED) is 0.561. The van der Waals surface area contributed by atoms with Crippen LogP contribution in [0.15, 0.2) is 22.7 Å². The topological polar surface area (TPSA) is 15.3 Å². The van der Waals surface area contributed by atoms with Gasteiger partial charge in [-0.25, -0.2) is 0 Å². The van der Waals surface area contributed by atoms with Gasteiger partial charge in [-0.1, -0.05) is 60.3 Å². The summed E-state index contributed by atoms with van der Waals surface area (Å²) in [5, 5.41) is 4.39. The smallest absolute Gasteiger partial charge is 0.0465 e. The van der Waals surface area contributed by atoms with Crippen LogP contribution in [-0.2, 0) is 0 Å². The van der Waals surface area contributed by atoms with Crippen LogP contribution in [0, 0.1) is 0 Å². The van der Waals surface area contributed by atoms with Gasteiger partial charge in [-0.05, 0) is 57.2 Å².